The fourth-order valence-electron chi connectivity index (χ4n) is 2.47. The Morgan fingerprint density at radius 3 is 1.77 bits per heavy atom. The van der Waals surface area contributed by atoms with Gasteiger partial charge in [-0.1, -0.05) is 58.4 Å². The lowest BCUT2D eigenvalue weighted by atomic mass is 10.0. The quantitative estimate of drug-likeness (QED) is 0.173. The highest BCUT2D eigenvalue weighted by atomic mass is 16.4. The maximum Gasteiger partial charge on any atom is 0.255 e. The van der Waals surface area contributed by atoms with Crippen LogP contribution in [-0.2, 0) is 9.59 Å². The third-order valence-electron chi connectivity index (χ3n) is 4.47. The second kappa shape index (κ2) is 21.5. The lowest BCUT2D eigenvalue weighted by molar-refractivity contribution is -0.320. The van der Waals surface area contributed by atoms with Gasteiger partial charge in [-0.25, -0.2) is 0 Å². The number of amides is 1. The van der Waals surface area contributed by atoms with Crippen molar-refractivity contribution in [3.05, 3.63) is 24.6 Å². The summed E-state index contributed by atoms with van der Waals surface area (Å²) in [5.41, 5.74) is 3.62. The number of nitrogens with one attached hydrogen (secondary N) is 1. The zero-order chi connectivity index (χ0) is 24.1. The first-order chi connectivity index (χ1) is 14.7. The van der Waals surface area contributed by atoms with Crippen molar-refractivity contribution in [2.75, 3.05) is 0 Å². The highest BCUT2D eigenvalue weighted by molar-refractivity contribution is 5.82. The molecule has 9 heteroatoms. The number of carbonyl (C=O) groups is 2. The summed E-state index contributed by atoms with van der Waals surface area (Å²) < 4.78 is 0. The average molecular weight is 447 g/mol. The number of hydrogen-bond donors (Lipinski definition) is 6. The van der Waals surface area contributed by atoms with Crippen molar-refractivity contribution in [3.63, 3.8) is 0 Å². The maximum absolute atomic E-state index is 11.5. The standard InChI is InChI=1S/C14H25NO7.C8H17N/c1-2-3-4-5-6-7-8-15-13(20)11(18)9(16)10(17)12(19)14(21)22;1-2-3-4-5-6-7-8-9/h7-12,16-19H,2-6H2,1H3,(H,15,20)(H,21,22);7-8H,2-6,9H2,1H3/t9-,10-,11+,12-;/m1./s1. The zero-order valence-electron chi connectivity index (χ0n) is 18.9. The summed E-state index contributed by atoms with van der Waals surface area (Å²) in [6, 6.07) is 0. The van der Waals surface area contributed by atoms with Crippen LogP contribution in [0.1, 0.15) is 78.1 Å². The summed E-state index contributed by atoms with van der Waals surface area (Å²) in [4.78, 5) is 21.8. The number of aliphatic hydroxyl groups excluding tert-OH is 4. The Morgan fingerprint density at radius 1 is 0.839 bits per heavy atom. The third-order valence-corrected chi connectivity index (χ3v) is 4.47. The van der Waals surface area contributed by atoms with Crippen molar-refractivity contribution in [3.8, 4) is 0 Å². The Labute approximate surface area is 185 Å². The number of allylic oxidation sites excluding steroid dienone is 2. The molecule has 0 spiro atoms. The molecule has 0 rings (SSSR count). The lowest BCUT2D eigenvalue weighted by Crippen LogP contribution is -2.54. The van der Waals surface area contributed by atoms with E-state index in [0.717, 1.165) is 32.1 Å². The van der Waals surface area contributed by atoms with E-state index in [1.165, 1.54) is 38.3 Å². The van der Waals surface area contributed by atoms with E-state index in [4.69, 9.17) is 5.11 Å². The molecule has 182 valence electrons. The van der Waals surface area contributed by atoms with Crippen LogP contribution in [0.5, 0.6) is 0 Å². The van der Waals surface area contributed by atoms with Gasteiger partial charge in [0, 0.05) is 0 Å². The Hall–Kier alpha value is -1.78. The molecule has 0 fully saturated rings. The second-order valence-corrected chi connectivity index (χ2v) is 7.27. The van der Waals surface area contributed by atoms with Gasteiger partial charge in [0.1, 0.15) is 18.3 Å². The first-order valence-electron chi connectivity index (χ1n) is 11.1. The van der Waals surface area contributed by atoms with E-state index >= 15 is 0 Å². The molecule has 0 unspecified atom stereocenters. The van der Waals surface area contributed by atoms with Crippen molar-refractivity contribution in [1.82, 2.24) is 5.32 Å². The molecule has 9 nitrogen and oxygen atoms in total. The predicted octanol–water partition coefficient (Wildman–Crippen LogP) is -0.507. The Balaban J connectivity index is 0. The van der Waals surface area contributed by atoms with Gasteiger partial charge in [0.2, 0.25) is 0 Å². The summed E-state index contributed by atoms with van der Waals surface area (Å²) >= 11 is 0. The van der Waals surface area contributed by atoms with Gasteiger partial charge in [0.25, 0.3) is 5.91 Å². The van der Waals surface area contributed by atoms with Crippen molar-refractivity contribution in [2.24, 2.45) is 0 Å². The molecule has 0 saturated heterocycles. The van der Waals surface area contributed by atoms with Gasteiger partial charge in [-0.2, -0.15) is 0 Å². The number of unbranched alkanes of at least 4 members (excludes halogenated alkanes) is 8. The normalized spacial score (nSPS) is 15.2. The van der Waals surface area contributed by atoms with Crippen molar-refractivity contribution >= 4 is 11.9 Å². The van der Waals surface area contributed by atoms with Gasteiger partial charge >= 0.3 is 0 Å². The highest BCUT2D eigenvalue weighted by Gasteiger charge is 2.34. The summed E-state index contributed by atoms with van der Waals surface area (Å²) in [6.45, 7) is 4.33. The highest BCUT2D eigenvalue weighted by Crippen LogP contribution is 2.06. The van der Waals surface area contributed by atoms with Crippen LogP contribution in [0.3, 0.4) is 0 Å². The van der Waals surface area contributed by atoms with Crippen molar-refractivity contribution in [1.29, 1.82) is 0 Å². The van der Waals surface area contributed by atoms with Crippen LogP contribution >= 0.6 is 0 Å². The summed E-state index contributed by atoms with van der Waals surface area (Å²) in [6.07, 6.45) is 9.73. The van der Waals surface area contributed by atoms with Gasteiger partial charge in [0.05, 0.1) is 12.2 Å². The molecular formula is C22H42N2O7. The molecule has 1 amide bonds. The fraction of sp³-hybridized carbons (Fsp3) is 0.727. The van der Waals surface area contributed by atoms with Gasteiger partial charge < -0.3 is 41.4 Å². The van der Waals surface area contributed by atoms with Crippen LogP contribution in [0.25, 0.3) is 0 Å². The zero-order valence-corrected chi connectivity index (χ0v) is 18.9. The Kier molecular flexibility index (Phi) is 21.7. The summed E-state index contributed by atoms with van der Waals surface area (Å²) in [7, 11) is 0. The minimum atomic E-state index is -2.41. The number of hydrogen-bond acceptors (Lipinski definition) is 7. The van der Waals surface area contributed by atoms with E-state index in [-0.39, 0.29) is 0 Å². The minimum absolute atomic E-state index is 0.741. The fourth-order valence-corrected chi connectivity index (χ4v) is 2.47. The number of aliphatic carboxylic acids is 1. The van der Waals surface area contributed by atoms with Crippen molar-refractivity contribution < 1.29 is 40.9 Å². The molecule has 0 aromatic carbocycles. The van der Waals surface area contributed by atoms with Crippen LogP contribution in [0.2, 0.25) is 0 Å². The topological polar surface area (TPSA) is 178 Å². The van der Waals surface area contributed by atoms with Crippen LogP contribution in [0.4, 0.5) is 0 Å². The molecule has 0 aliphatic heterocycles. The molecule has 0 saturated carbocycles. The maximum atomic E-state index is 11.5. The Bertz CT molecular complexity index is 512. The molecule has 0 aromatic rings. The van der Waals surface area contributed by atoms with E-state index in [0.29, 0.717) is 0 Å². The minimum Gasteiger partial charge on any atom is -0.547 e. The van der Waals surface area contributed by atoms with Gasteiger partial charge in [-0.05, 0) is 38.0 Å². The first-order valence-corrected chi connectivity index (χ1v) is 11.1. The molecule has 0 heterocycles. The molecule has 0 aliphatic carbocycles. The summed E-state index contributed by atoms with van der Waals surface area (Å²) in [5, 5.41) is 49.7. The number of carboxylic acids is 1. The smallest absolute Gasteiger partial charge is 0.255 e. The SMILES string of the molecule is CCCCCCC=CNC(=O)[C@@H](O)[C@H](O)[C@@H](O)[C@@H](O)C(=O)[O-].CCCCCCC=C[NH3+]. The van der Waals surface area contributed by atoms with Crippen LogP contribution < -0.4 is 16.2 Å². The molecule has 0 radical (unpaired) electrons. The summed E-state index contributed by atoms with van der Waals surface area (Å²) in [5.74, 6) is -3.05. The number of carboxylic acid groups (broad SMARTS) is 1. The largest absolute Gasteiger partial charge is 0.547 e. The molecular weight excluding hydrogens is 404 g/mol. The van der Waals surface area contributed by atoms with Crippen molar-refractivity contribution in [2.45, 2.75) is 102 Å². The molecule has 4 atom stereocenters. The number of aliphatic hydroxyl groups is 4. The first kappa shape index (κ1) is 31.4. The number of quaternary nitrogens is 1. The lowest BCUT2D eigenvalue weighted by Gasteiger charge is -2.25. The molecule has 0 bridgehead atoms. The van der Waals surface area contributed by atoms with Gasteiger partial charge in [0.15, 0.2) is 6.10 Å². The van der Waals surface area contributed by atoms with Crippen LogP contribution in [0, 0.1) is 0 Å². The Morgan fingerprint density at radius 2 is 1.32 bits per heavy atom. The van der Waals surface area contributed by atoms with E-state index in [1.807, 2.05) is 6.20 Å². The molecule has 0 aliphatic rings. The molecule has 0 aromatic heterocycles. The second-order valence-electron chi connectivity index (χ2n) is 7.27. The van der Waals surface area contributed by atoms with Gasteiger partial charge in [-0.15, -0.1) is 0 Å². The average Bonchev–Trinajstić information content (AvgIpc) is 2.76. The van der Waals surface area contributed by atoms with Crippen LogP contribution in [-0.4, -0.2) is 56.7 Å². The van der Waals surface area contributed by atoms with E-state index in [9.17, 15) is 30.0 Å². The predicted molar refractivity (Wildman–Crippen MR) is 116 cm³/mol. The number of carbonyl (C=O) groups excluding carboxylic acids is 2. The van der Waals surface area contributed by atoms with Crippen LogP contribution in [0.15, 0.2) is 24.6 Å². The van der Waals surface area contributed by atoms with E-state index in [1.54, 1.807) is 6.08 Å². The van der Waals surface area contributed by atoms with E-state index < -0.39 is 36.3 Å². The number of rotatable bonds is 16. The molecule has 8 N–H and O–H groups in total. The monoisotopic (exact) mass is 446 g/mol. The molecule has 31 heavy (non-hydrogen) atoms. The van der Waals surface area contributed by atoms with Gasteiger partial charge in [-0.3, -0.25) is 4.79 Å². The third kappa shape index (κ3) is 17.6. The van der Waals surface area contributed by atoms with E-state index in [2.05, 4.69) is 31.0 Å².